The van der Waals surface area contributed by atoms with E-state index in [-0.39, 0.29) is 5.91 Å². The number of thiophene rings is 1. The van der Waals surface area contributed by atoms with Gasteiger partial charge in [0.15, 0.2) is 0 Å². The van der Waals surface area contributed by atoms with Crippen LogP contribution in [0.1, 0.15) is 34.1 Å². The molecular weight excluding hydrogens is 402 g/mol. The van der Waals surface area contributed by atoms with Gasteiger partial charge < -0.3 is 19.5 Å². The summed E-state index contributed by atoms with van der Waals surface area (Å²) in [5.74, 6) is 0.602. The molecule has 1 amide bonds. The van der Waals surface area contributed by atoms with Crippen LogP contribution in [0.3, 0.4) is 0 Å². The minimum atomic E-state index is -0.464. The number of hydrogen-bond acceptors (Lipinski definition) is 6. The van der Waals surface area contributed by atoms with Gasteiger partial charge in [0.05, 0.1) is 20.8 Å². The first-order chi connectivity index (χ1) is 14.6. The van der Waals surface area contributed by atoms with Crippen LogP contribution in [0.2, 0.25) is 0 Å². The third kappa shape index (κ3) is 4.80. The van der Waals surface area contributed by atoms with Crippen LogP contribution in [0.4, 0.5) is 5.00 Å². The van der Waals surface area contributed by atoms with Crippen LogP contribution in [0.15, 0.2) is 53.9 Å². The van der Waals surface area contributed by atoms with E-state index in [1.54, 1.807) is 38.5 Å². The summed E-state index contributed by atoms with van der Waals surface area (Å²) in [5.41, 5.74) is 2.35. The van der Waals surface area contributed by atoms with E-state index in [0.717, 1.165) is 11.3 Å². The summed E-state index contributed by atoms with van der Waals surface area (Å²) in [6.45, 7) is 2.24. The van der Waals surface area contributed by atoms with Crippen molar-refractivity contribution in [1.29, 1.82) is 0 Å². The van der Waals surface area contributed by atoms with Crippen LogP contribution in [-0.2, 0) is 4.74 Å². The van der Waals surface area contributed by atoms with Crippen molar-refractivity contribution < 1.29 is 23.8 Å². The van der Waals surface area contributed by atoms with Crippen LogP contribution in [0, 0.1) is 0 Å². The molecule has 0 aliphatic carbocycles. The highest BCUT2D eigenvalue weighted by molar-refractivity contribution is 7.15. The number of rotatable bonds is 8. The van der Waals surface area contributed by atoms with Crippen LogP contribution >= 0.6 is 11.3 Å². The predicted molar refractivity (Wildman–Crippen MR) is 118 cm³/mol. The van der Waals surface area contributed by atoms with Gasteiger partial charge in [-0.05, 0) is 48.4 Å². The highest BCUT2D eigenvalue weighted by Crippen LogP contribution is 2.37. The molecule has 3 aromatic rings. The van der Waals surface area contributed by atoms with E-state index in [0.29, 0.717) is 40.5 Å². The Kier molecular flexibility index (Phi) is 7.08. The van der Waals surface area contributed by atoms with Crippen molar-refractivity contribution in [3.63, 3.8) is 0 Å². The first-order valence-corrected chi connectivity index (χ1v) is 10.3. The standard InChI is InChI=1S/C23H23NO5S/c1-4-13-29-23(26)20-19(15-5-9-17(27-2)10-6-15)14-30-22(20)24-21(25)16-7-11-18(28-3)12-8-16/h5-12,14H,4,13H2,1-3H3,(H,24,25). The molecule has 0 aliphatic heterocycles. The maximum atomic E-state index is 12.8. The van der Waals surface area contributed by atoms with Gasteiger partial charge >= 0.3 is 5.97 Å². The normalized spacial score (nSPS) is 10.4. The minimum absolute atomic E-state index is 0.308. The van der Waals surface area contributed by atoms with Crippen molar-refractivity contribution in [1.82, 2.24) is 0 Å². The molecule has 0 fully saturated rings. The molecule has 0 bridgehead atoms. The van der Waals surface area contributed by atoms with Crippen LogP contribution < -0.4 is 14.8 Å². The Morgan fingerprint density at radius 3 is 2.10 bits per heavy atom. The van der Waals surface area contributed by atoms with Crippen LogP contribution in [0.5, 0.6) is 11.5 Å². The van der Waals surface area contributed by atoms with Crippen LogP contribution in [-0.4, -0.2) is 32.7 Å². The third-order valence-electron chi connectivity index (χ3n) is 4.41. The van der Waals surface area contributed by atoms with Gasteiger partial charge in [0, 0.05) is 16.5 Å². The van der Waals surface area contributed by atoms with Gasteiger partial charge in [-0.2, -0.15) is 0 Å². The summed E-state index contributed by atoms with van der Waals surface area (Å²) in [5, 5.41) is 5.14. The van der Waals surface area contributed by atoms with Gasteiger partial charge in [0.25, 0.3) is 5.91 Å². The summed E-state index contributed by atoms with van der Waals surface area (Å²) in [4.78, 5) is 25.5. The summed E-state index contributed by atoms with van der Waals surface area (Å²) >= 11 is 1.28. The average Bonchev–Trinajstić information content (AvgIpc) is 3.21. The number of esters is 1. The fraction of sp³-hybridized carbons (Fsp3) is 0.217. The Bertz CT molecular complexity index is 1010. The molecule has 7 heteroatoms. The smallest absolute Gasteiger partial charge is 0.341 e. The predicted octanol–water partition coefficient (Wildman–Crippen LogP) is 5.25. The maximum Gasteiger partial charge on any atom is 0.341 e. The monoisotopic (exact) mass is 425 g/mol. The quantitative estimate of drug-likeness (QED) is 0.499. The second kappa shape index (κ2) is 9.93. The van der Waals surface area contributed by atoms with Crippen molar-refractivity contribution in [3.05, 3.63) is 65.0 Å². The summed E-state index contributed by atoms with van der Waals surface area (Å²) in [6.07, 6.45) is 0.710. The zero-order valence-electron chi connectivity index (χ0n) is 17.1. The van der Waals surface area contributed by atoms with Crippen molar-refractivity contribution in [2.45, 2.75) is 13.3 Å². The maximum absolute atomic E-state index is 12.8. The first kappa shape index (κ1) is 21.4. The largest absolute Gasteiger partial charge is 0.497 e. The molecule has 0 atom stereocenters. The van der Waals surface area contributed by atoms with Gasteiger partial charge in [0.2, 0.25) is 0 Å². The number of nitrogens with one attached hydrogen (secondary N) is 1. The van der Waals surface area contributed by atoms with Gasteiger partial charge in [-0.1, -0.05) is 19.1 Å². The highest BCUT2D eigenvalue weighted by Gasteiger charge is 2.23. The molecule has 2 aromatic carbocycles. The Balaban J connectivity index is 1.93. The number of amides is 1. The zero-order chi connectivity index (χ0) is 21.5. The number of hydrogen-bond donors (Lipinski definition) is 1. The van der Waals surface area contributed by atoms with E-state index in [9.17, 15) is 9.59 Å². The fourth-order valence-corrected chi connectivity index (χ4v) is 3.77. The molecular formula is C23H23NO5S. The topological polar surface area (TPSA) is 73.9 Å². The number of carbonyl (C=O) groups excluding carboxylic acids is 2. The SMILES string of the molecule is CCCOC(=O)c1c(-c2ccc(OC)cc2)csc1NC(=O)c1ccc(OC)cc1. The van der Waals surface area contributed by atoms with Crippen LogP contribution in [0.25, 0.3) is 11.1 Å². The Labute approximate surface area is 179 Å². The molecule has 156 valence electrons. The molecule has 0 unspecified atom stereocenters. The molecule has 30 heavy (non-hydrogen) atoms. The Morgan fingerprint density at radius 2 is 1.53 bits per heavy atom. The van der Waals surface area contributed by atoms with Crippen molar-refractivity contribution in [2.75, 3.05) is 26.1 Å². The van der Waals surface area contributed by atoms with E-state index >= 15 is 0 Å². The number of ether oxygens (including phenoxy) is 3. The van der Waals surface area contributed by atoms with Gasteiger partial charge in [-0.3, -0.25) is 4.79 Å². The minimum Gasteiger partial charge on any atom is -0.497 e. The zero-order valence-corrected chi connectivity index (χ0v) is 17.9. The van der Waals surface area contributed by atoms with Gasteiger partial charge in [-0.25, -0.2) is 4.79 Å². The lowest BCUT2D eigenvalue weighted by atomic mass is 10.0. The van der Waals surface area contributed by atoms with E-state index in [4.69, 9.17) is 14.2 Å². The lowest BCUT2D eigenvalue weighted by Gasteiger charge is -2.10. The summed E-state index contributed by atoms with van der Waals surface area (Å²) in [7, 11) is 3.16. The molecule has 0 saturated carbocycles. The van der Waals surface area contributed by atoms with E-state index < -0.39 is 5.97 Å². The Morgan fingerprint density at radius 1 is 0.933 bits per heavy atom. The molecule has 3 rings (SSSR count). The number of methoxy groups -OCH3 is 2. The molecule has 0 saturated heterocycles. The number of anilines is 1. The second-order valence-electron chi connectivity index (χ2n) is 6.40. The molecule has 6 nitrogen and oxygen atoms in total. The summed E-state index contributed by atoms with van der Waals surface area (Å²) < 4.78 is 15.7. The first-order valence-electron chi connectivity index (χ1n) is 9.45. The average molecular weight is 426 g/mol. The second-order valence-corrected chi connectivity index (χ2v) is 7.28. The third-order valence-corrected chi connectivity index (χ3v) is 5.31. The van der Waals surface area contributed by atoms with E-state index in [1.807, 2.05) is 36.6 Å². The molecule has 0 spiro atoms. The molecule has 1 N–H and O–H groups in total. The fourth-order valence-electron chi connectivity index (χ4n) is 2.82. The van der Waals surface area contributed by atoms with E-state index in [1.165, 1.54) is 11.3 Å². The van der Waals surface area contributed by atoms with Crippen molar-refractivity contribution >= 4 is 28.2 Å². The van der Waals surface area contributed by atoms with Gasteiger partial charge in [0.1, 0.15) is 22.1 Å². The van der Waals surface area contributed by atoms with Gasteiger partial charge in [-0.15, -0.1) is 11.3 Å². The van der Waals surface area contributed by atoms with Crippen molar-refractivity contribution in [3.8, 4) is 22.6 Å². The lowest BCUT2D eigenvalue weighted by molar-refractivity contribution is 0.0508. The molecule has 1 heterocycles. The van der Waals surface area contributed by atoms with E-state index in [2.05, 4.69) is 5.32 Å². The molecule has 0 aliphatic rings. The molecule has 1 aromatic heterocycles. The Hall–Kier alpha value is -3.32. The highest BCUT2D eigenvalue weighted by atomic mass is 32.1. The molecule has 0 radical (unpaired) electrons. The number of benzene rings is 2. The summed E-state index contributed by atoms with van der Waals surface area (Å²) in [6, 6.07) is 14.1. The number of carbonyl (C=O) groups is 2. The lowest BCUT2D eigenvalue weighted by Crippen LogP contribution is -2.15. The van der Waals surface area contributed by atoms with Crippen molar-refractivity contribution in [2.24, 2.45) is 0 Å².